The Hall–Kier alpha value is -1.84. The van der Waals surface area contributed by atoms with Gasteiger partial charge in [0.25, 0.3) is 5.91 Å². The number of nitrogens with two attached hydrogens (primary N) is 1. The topological polar surface area (TPSA) is 58.7 Å². The van der Waals surface area contributed by atoms with Crippen molar-refractivity contribution in [3.8, 4) is 0 Å². The zero-order valence-electron chi connectivity index (χ0n) is 10.3. The van der Waals surface area contributed by atoms with E-state index in [2.05, 4.69) is 5.10 Å². The molecule has 0 radical (unpaired) electrons. The standard InChI is InChI=1S/C14H17N3O/c15-11-7-3-4-8-13(11)17-14(18)9-12(16-17)10-5-1-2-6-10/h3-4,7-8,10H,1-2,5-6,9,15H2. The van der Waals surface area contributed by atoms with E-state index in [9.17, 15) is 4.79 Å². The molecule has 4 nitrogen and oxygen atoms in total. The molecule has 1 saturated carbocycles. The van der Waals surface area contributed by atoms with Crippen molar-refractivity contribution >= 4 is 23.0 Å². The quantitative estimate of drug-likeness (QED) is 0.811. The van der Waals surface area contributed by atoms with Crippen molar-refractivity contribution in [1.82, 2.24) is 0 Å². The maximum atomic E-state index is 12.0. The molecule has 0 bridgehead atoms. The Morgan fingerprint density at radius 2 is 1.94 bits per heavy atom. The number of hydrogen-bond acceptors (Lipinski definition) is 3. The molecule has 0 saturated heterocycles. The summed E-state index contributed by atoms with van der Waals surface area (Å²) in [6.45, 7) is 0. The van der Waals surface area contributed by atoms with E-state index < -0.39 is 0 Å². The van der Waals surface area contributed by atoms with Gasteiger partial charge < -0.3 is 5.73 Å². The molecule has 2 aliphatic rings. The number of nitrogen functional groups attached to an aromatic ring is 1. The molecule has 4 heteroatoms. The second-order valence-electron chi connectivity index (χ2n) is 5.01. The van der Waals surface area contributed by atoms with E-state index in [1.165, 1.54) is 30.7 Å². The normalized spacial score (nSPS) is 20.6. The van der Waals surface area contributed by atoms with Crippen molar-refractivity contribution in [3.63, 3.8) is 0 Å². The summed E-state index contributed by atoms with van der Waals surface area (Å²) in [7, 11) is 0. The van der Waals surface area contributed by atoms with E-state index in [1.807, 2.05) is 18.2 Å². The number of para-hydroxylation sites is 2. The first-order valence-corrected chi connectivity index (χ1v) is 6.50. The Bertz CT molecular complexity index is 504. The molecule has 1 aromatic carbocycles. The minimum absolute atomic E-state index is 0.0369. The number of carbonyl (C=O) groups excluding carboxylic acids is 1. The maximum Gasteiger partial charge on any atom is 0.253 e. The molecular formula is C14H17N3O. The van der Waals surface area contributed by atoms with E-state index in [0.717, 1.165) is 5.71 Å². The van der Waals surface area contributed by atoms with Crippen LogP contribution in [0.1, 0.15) is 32.1 Å². The van der Waals surface area contributed by atoms with Crippen LogP contribution in [0.5, 0.6) is 0 Å². The van der Waals surface area contributed by atoms with E-state index in [1.54, 1.807) is 6.07 Å². The molecule has 0 aromatic heterocycles. The number of benzene rings is 1. The van der Waals surface area contributed by atoms with Gasteiger partial charge in [0.1, 0.15) is 0 Å². The van der Waals surface area contributed by atoms with Gasteiger partial charge in [-0.1, -0.05) is 25.0 Å². The number of hydrogen-bond donors (Lipinski definition) is 1. The summed E-state index contributed by atoms with van der Waals surface area (Å²) in [4.78, 5) is 12.0. The molecule has 0 unspecified atom stereocenters. The average Bonchev–Trinajstić information content (AvgIpc) is 2.99. The average molecular weight is 243 g/mol. The number of anilines is 2. The third kappa shape index (κ3) is 1.88. The summed E-state index contributed by atoms with van der Waals surface area (Å²) in [5.74, 6) is 0.540. The lowest BCUT2D eigenvalue weighted by Crippen LogP contribution is -2.20. The number of nitrogens with zero attached hydrogens (tertiary/aromatic N) is 2. The molecule has 94 valence electrons. The van der Waals surface area contributed by atoms with Crippen LogP contribution in [0.25, 0.3) is 0 Å². The lowest BCUT2D eigenvalue weighted by atomic mass is 10.00. The maximum absolute atomic E-state index is 12.0. The summed E-state index contributed by atoms with van der Waals surface area (Å²) < 4.78 is 0. The summed E-state index contributed by atoms with van der Waals surface area (Å²) >= 11 is 0. The molecule has 0 atom stereocenters. The Morgan fingerprint density at radius 3 is 2.67 bits per heavy atom. The molecule has 1 amide bonds. The Morgan fingerprint density at radius 1 is 1.22 bits per heavy atom. The molecule has 1 aliphatic heterocycles. The van der Waals surface area contributed by atoms with Crippen molar-refractivity contribution in [2.24, 2.45) is 11.0 Å². The van der Waals surface area contributed by atoms with Gasteiger partial charge in [-0.15, -0.1) is 0 Å². The summed E-state index contributed by atoms with van der Waals surface area (Å²) in [5, 5.41) is 5.98. The molecule has 3 rings (SSSR count). The van der Waals surface area contributed by atoms with Crippen LogP contribution in [0.4, 0.5) is 11.4 Å². The zero-order chi connectivity index (χ0) is 12.5. The fraction of sp³-hybridized carbons (Fsp3) is 0.429. The molecule has 1 fully saturated rings. The Balaban J connectivity index is 1.89. The predicted molar refractivity (Wildman–Crippen MR) is 72.4 cm³/mol. The highest BCUT2D eigenvalue weighted by atomic mass is 16.2. The van der Waals surface area contributed by atoms with Crippen LogP contribution in [0, 0.1) is 5.92 Å². The van der Waals surface area contributed by atoms with Gasteiger partial charge in [-0.25, -0.2) is 0 Å². The first-order chi connectivity index (χ1) is 8.75. The Kier molecular flexibility index (Phi) is 2.78. The minimum Gasteiger partial charge on any atom is -0.397 e. The third-order valence-corrected chi connectivity index (χ3v) is 3.79. The predicted octanol–water partition coefficient (Wildman–Crippen LogP) is 2.55. The molecular weight excluding hydrogens is 226 g/mol. The van der Waals surface area contributed by atoms with E-state index >= 15 is 0 Å². The van der Waals surface area contributed by atoms with Gasteiger partial charge in [0.15, 0.2) is 0 Å². The van der Waals surface area contributed by atoms with Crippen molar-refractivity contribution in [2.45, 2.75) is 32.1 Å². The summed E-state index contributed by atoms with van der Waals surface area (Å²) in [6, 6.07) is 7.38. The van der Waals surface area contributed by atoms with Crippen LogP contribution in [0.2, 0.25) is 0 Å². The van der Waals surface area contributed by atoms with Crippen LogP contribution in [-0.2, 0) is 4.79 Å². The van der Waals surface area contributed by atoms with Crippen molar-refractivity contribution in [2.75, 3.05) is 10.7 Å². The highest BCUT2D eigenvalue weighted by Crippen LogP contribution is 2.33. The monoisotopic (exact) mass is 243 g/mol. The zero-order valence-corrected chi connectivity index (χ0v) is 10.3. The fourth-order valence-electron chi connectivity index (χ4n) is 2.80. The van der Waals surface area contributed by atoms with Gasteiger partial charge in [0.05, 0.1) is 23.5 Å². The number of hydrazone groups is 1. The van der Waals surface area contributed by atoms with Gasteiger partial charge in [-0.2, -0.15) is 10.1 Å². The summed E-state index contributed by atoms with van der Waals surface area (Å²) in [5.41, 5.74) is 8.24. The molecule has 1 heterocycles. The lowest BCUT2D eigenvalue weighted by Gasteiger charge is -2.13. The number of amides is 1. The van der Waals surface area contributed by atoms with E-state index in [4.69, 9.17) is 5.73 Å². The summed E-state index contributed by atoms with van der Waals surface area (Å²) in [6.07, 6.45) is 5.31. The van der Waals surface area contributed by atoms with Gasteiger partial charge in [0.2, 0.25) is 0 Å². The SMILES string of the molecule is Nc1ccccc1N1N=C(C2CCCC2)CC1=O. The number of rotatable bonds is 2. The second kappa shape index (κ2) is 4.44. The van der Waals surface area contributed by atoms with Crippen LogP contribution in [0.15, 0.2) is 29.4 Å². The molecule has 1 aliphatic carbocycles. The van der Waals surface area contributed by atoms with Crippen molar-refractivity contribution < 1.29 is 4.79 Å². The first-order valence-electron chi connectivity index (χ1n) is 6.50. The lowest BCUT2D eigenvalue weighted by molar-refractivity contribution is -0.116. The Labute approximate surface area is 106 Å². The largest absolute Gasteiger partial charge is 0.397 e. The highest BCUT2D eigenvalue weighted by Gasteiger charge is 2.31. The van der Waals surface area contributed by atoms with Crippen LogP contribution < -0.4 is 10.7 Å². The first kappa shape index (κ1) is 11.3. The van der Waals surface area contributed by atoms with Crippen molar-refractivity contribution in [1.29, 1.82) is 0 Å². The van der Waals surface area contributed by atoms with Crippen LogP contribution in [0.3, 0.4) is 0 Å². The number of carbonyl (C=O) groups is 1. The van der Waals surface area contributed by atoms with Gasteiger partial charge in [-0.05, 0) is 30.9 Å². The van der Waals surface area contributed by atoms with Crippen LogP contribution in [-0.4, -0.2) is 11.6 Å². The molecule has 1 aromatic rings. The van der Waals surface area contributed by atoms with Crippen molar-refractivity contribution in [3.05, 3.63) is 24.3 Å². The highest BCUT2D eigenvalue weighted by molar-refractivity contribution is 6.14. The third-order valence-electron chi connectivity index (χ3n) is 3.79. The molecule has 0 spiro atoms. The second-order valence-corrected chi connectivity index (χ2v) is 5.01. The van der Waals surface area contributed by atoms with Gasteiger partial charge in [-0.3, -0.25) is 4.79 Å². The minimum atomic E-state index is 0.0369. The van der Waals surface area contributed by atoms with E-state index in [0.29, 0.717) is 23.7 Å². The van der Waals surface area contributed by atoms with Gasteiger partial charge in [0, 0.05) is 0 Å². The molecule has 2 N–H and O–H groups in total. The van der Waals surface area contributed by atoms with Gasteiger partial charge >= 0.3 is 0 Å². The smallest absolute Gasteiger partial charge is 0.253 e. The van der Waals surface area contributed by atoms with E-state index in [-0.39, 0.29) is 5.91 Å². The fourth-order valence-corrected chi connectivity index (χ4v) is 2.80. The van der Waals surface area contributed by atoms with Crippen LogP contribution >= 0.6 is 0 Å². The molecule has 18 heavy (non-hydrogen) atoms.